The number of hydrogen-bond donors (Lipinski definition) is 2. The summed E-state index contributed by atoms with van der Waals surface area (Å²) in [6.45, 7) is 1.03. The number of nitrogens with one attached hydrogen (secondary N) is 2. The average Bonchev–Trinajstić information content (AvgIpc) is 2.43. The van der Waals surface area contributed by atoms with Crippen LogP contribution in [0.15, 0.2) is 18.2 Å². The number of carbonyl (C=O) groups is 1. The molecular formula is C14H22N2O3. The summed E-state index contributed by atoms with van der Waals surface area (Å²) in [6.07, 6.45) is 1.78. The fourth-order valence-electron chi connectivity index (χ4n) is 1.78. The molecule has 106 valence electrons. The van der Waals surface area contributed by atoms with Crippen molar-refractivity contribution in [3.05, 3.63) is 23.8 Å². The van der Waals surface area contributed by atoms with Crippen LogP contribution in [0.4, 0.5) is 0 Å². The van der Waals surface area contributed by atoms with Crippen molar-refractivity contribution in [3.8, 4) is 11.5 Å². The van der Waals surface area contributed by atoms with Crippen molar-refractivity contribution in [1.82, 2.24) is 10.6 Å². The number of ether oxygens (including phenoxy) is 2. The first-order valence-electron chi connectivity index (χ1n) is 6.33. The van der Waals surface area contributed by atoms with Gasteiger partial charge in [0.15, 0.2) is 11.5 Å². The molecule has 0 atom stereocenters. The van der Waals surface area contributed by atoms with E-state index in [0.29, 0.717) is 13.1 Å². The van der Waals surface area contributed by atoms with Gasteiger partial charge in [-0.3, -0.25) is 4.79 Å². The van der Waals surface area contributed by atoms with E-state index in [1.807, 2.05) is 18.2 Å². The Morgan fingerprint density at radius 3 is 2.58 bits per heavy atom. The number of aryl methyl sites for hydroxylation is 1. The number of methoxy groups -OCH3 is 2. The minimum Gasteiger partial charge on any atom is -0.493 e. The normalized spacial score (nSPS) is 10.1. The topological polar surface area (TPSA) is 59.6 Å². The first-order chi connectivity index (χ1) is 9.21. The van der Waals surface area contributed by atoms with E-state index in [-0.39, 0.29) is 5.91 Å². The van der Waals surface area contributed by atoms with E-state index < -0.39 is 0 Å². The predicted molar refractivity (Wildman–Crippen MR) is 74.8 cm³/mol. The van der Waals surface area contributed by atoms with Crippen LogP contribution in [0.25, 0.3) is 0 Å². The zero-order valence-corrected chi connectivity index (χ0v) is 11.8. The molecule has 0 spiro atoms. The van der Waals surface area contributed by atoms with Crippen molar-refractivity contribution < 1.29 is 14.3 Å². The molecule has 0 fully saturated rings. The molecule has 0 aliphatic carbocycles. The minimum atomic E-state index is 0.0230. The summed E-state index contributed by atoms with van der Waals surface area (Å²) in [6, 6.07) is 5.87. The van der Waals surface area contributed by atoms with E-state index in [4.69, 9.17) is 9.47 Å². The molecule has 1 rings (SSSR count). The van der Waals surface area contributed by atoms with Gasteiger partial charge in [-0.1, -0.05) is 6.07 Å². The Hall–Kier alpha value is -1.75. The average molecular weight is 266 g/mol. The van der Waals surface area contributed by atoms with Gasteiger partial charge < -0.3 is 20.1 Å². The van der Waals surface area contributed by atoms with Crippen LogP contribution >= 0.6 is 0 Å². The van der Waals surface area contributed by atoms with Gasteiger partial charge in [0.25, 0.3) is 0 Å². The van der Waals surface area contributed by atoms with Crippen LogP contribution in [-0.2, 0) is 11.2 Å². The second kappa shape index (κ2) is 8.37. The third-order valence-corrected chi connectivity index (χ3v) is 2.75. The van der Waals surface area contributed by atoms with E-state index in [1.165, 1.54) is 5.56 Å². The molecule has 0 unspecified atom stereocenters. The first kappa shape index (κ1) is 15.3. The van der Waals surface area contributed by atoms with E-state index in [1.54, 1.807) is 21.3 Å². The largest absolute Gasteiger partial charge is 0.493 e. The van der Waals surface area contributed by atoms with Crippen molar-refractivity contribution in [1.29, 1.82) is 0 Å². The van der Waals surface area contributed by atoms with Crippen molar-refractivity contribution in [2.45, 2.75) is 12.8 Å². The molecule has 0 aliphatic rings. The molecule has 5 heteroatoms. The van der Waals surface area contributed by atoms with Crippen LogP contribution < -0.4 is 20.1 Å². The zero-order chi connectivity index (χ0) is 14.1. The Balaban J connectivity index is 2.39. The molecule has 5 nitrogen and oxygen atoms in total. The molecule has 0 bridgehead atoms. The Bertz CT molecular complexity index is 408. The monoisotopic (exact) mass is 266 g/mol. The second-order valence-corrected chi connectivity index (χ2v) is 4.17. The molecule has 0 radical (unpaired) electrons. The maximum atomic E-state index is 11.2. The molecule has 0 heterocycles. The molecule has 1 aromatic rings. The quantitative estimate of drug-likeness (QED) is 0.688. The lowest BCUT2D eigenvalue weighted by Gasteiger charge is -2.10. The van der Waals surface area contributed by atoms with E-state index in [2.05, 4.69) is 10.6 Å². The van der Waals surface area contributed by atoms with Crippen LogP contribution in [0.1, 0.15) is 12.0 Å². The highest BCUT2D eigenvalue weighted by Gasteiger charge is 2.04. The Morgan fingerprint density at radius 1 is 1.21 bits per heavy atom. The van der Waals surface area contributed by atoms with Crippen LogP contribution in [0, 0.1) is 0 Å². The third kappa shape index (κ3) is 5.18. The third-order valence-electron chi connectivity index (χ3n) is 2.75. The molecule has 1 amide bonds. The van der Waals surface area contributed by atoms with Gasteiger partial charge in [0, 0.05) is 6.54 Å². The minimum absolute atomic E-state index is 0.0230. The smallest absolute Gasteiger partial charge is 0.233 e. The van der Waals surface area contributed by atoms with Gasteiger partial charge in [-0.05, 0) is 37.6 Å². The highest BCUT2D eigenvalue weighted by molar-refractivity contribution is 5.77. The molecule has 0 aromatic heterocycles. The lowest BCUT2D eigenvalue weighted by molar-refractivity contribution is -0.120. The Labute approximate surface area is 114 Å². The summed E-state index contributed by atoms with van der Waals surface area (Å²) >= 11 is 0. The second-order valence-electron chi connectivity index (χ2n) is 4.17. The van der Waals surface area contributed by atoms with Gasteiger partial charge in [-0.15, -0.1) is 0 Å². The van der Waals surface area contributed by atoms with Gasteiger partial charge in [-0.25, -0.2) is 0 Å². The molecule has 0 saturated heterocycles. The number of amides is 1. The number of carbonyl (C=O) groups excluding carboxylic acids is 1. The summed E-state index contributed by atoms with van der Waals surface area (Å²) in [5.41, 5.74) is 1.17. The van der Waals surface area contributed by atoms with Crippen molar-refractivity contribution in [2.24, 2.45) is 0 Å². The molecule has 1 aromatic carbocycles. The highest BCUT2D eigenvalue weighted by atomic mass is 16.5. The van der Waals surface area contributed by atoms with E-state index in [0.717, 1.165) is 24.3 Å². The lowest BCUT2D eigenvalue weighted by Crippen LogP contribution is -2.32. The van der Waals surface area contributed by atoms with Gasteiger partial charge in [0.2, 0.25) is 5.91 Å². The molecule has 0 aliphatic heterocycles. The Morgan fingerprint density at radius 2 is 1.95 bits per heavy atom. The molecule has 2 N–H and O–H groups in total. The number of rotatable bonds is 8. The maximum absolute atomic E-state index is 11.2. The van der Waals surface area contributed by atoms with Gasteiger partial charge in [-0.2, -0.15) is 0 Å². The van der Waals surface area contributed by atoms with E-state index in [9.17, 15) is 4.79 Å². The summed E-state index contributed by atoms with van der Waals surface area (Å²) < 4.78 is 10.4. The highest BCUT2D eigenvalue weighted by Crippen LogP contribution is 2.27. The molecule has 0 saturated carbocycles. The number of hydrogen-bond acceptors (Lipinski definition) is 4. The number of likely N-dealkylation sites (N-methyl/N-ethyl adjacent to an activating group) is 1. The van der Waals surface area contributed by atoms with Gasteiger partial charge in [0.05, 0.1) is 20.8 Å². The summed E-state index contributed by atoms with van der Waals surface area (Å²) in [5.74, 6) is 1.49. The standard InChI is InChI=1S/C14H22N2O3/c1-15-10-14(17)16-8-4-5-11-6-7-12(18-2)13(9-11)19-3/h6-7,9,15H,4-5,8,10H2,1-3H3,(H,16,17). The Kier molecular flexibility index (Phi) is 6.74. The zero-order valence-electron chi connectivity index (χ0n) is 11.8. The number of benzene rings is 1. The summed E-state index contributed by atoms with van der Waals surface area (Å²) in [5, 5.41) is 5.66. The molecule has 19 heavy (non-hydrogen) atoms. The fourth-order valence-corrected chi connectivity index (χ4v) is 1.78. The lowest BCUT2D eigenvalue weighted by atomic mass is 10.1. The predicted octanol–water partition coefficient (Wildman–Crippen LogP) is 0.972. The van der Waals surface area contributed by atoms with Crippen LogP contribution in [-0.4, -0.2) is 40.3 Å². The van der Waals surface area contributed by atoms with Crippen molar-refractivity contribution in [3.63, 3.8) is 0 Å². The van der Waals surface area contributed by atoms with Gasteiger partial charge >= 0.3 is 0 Å². The van der Waals surface area contributed by atoms with Crippen LogP contribution in [0.2, 0.25) is 0 Å². The SMILES string of the molecule is CNCC(=O)NCCCc1ccc(OC)c(OC)c1. The van der Waals surface area contributed by atoms with Gasteiger partial charge in [0.1, 0.15) is 0 Å². The van der Waals surface area contributed by atoms with E-state index >= 15 is 0 Å². The first-order valence-corrected chi connectivity index (χ1v) is 6.33. The van der Waals surface area contributed by atoms with Crippen molar-refractivity contribution in [2.75, 3.05) is 34.4 Å². The van der Waals surface area contributed by atoms with Crippen molar-refractivity contribution >= 4 is 5.91 Å². The molecular weight excluding hydrogens is 244 g/mol. The summed E-state index contributed by atoms with van der Waals surface area (Å²) in [4.78, 5) is 11.2. The van der Waals surface area contributed by atoms with Crippen LogP contribution in [0.3, 0.4) is 0 Å². The maximum Gasteiger partial charge on any atom is 0.233 e. The fraction of sp³-hybridized carbons (Fsp3) is 0.500. The van der Waals surface area contributed by atoms with Crippen LogP contribution in [0.5, 0.6) is 11.5 Å². The summed E-state index contributed by atoms with van der Waals surface area (Å²) in [7, 11) is 5.00.